The first kappa shape index (κ1) is 8.17. The molecule has 1 aliphatic heterocycles. The minimum atomic E-state index is 0.993. The van der Waals surface area contributed by atoms with Gasteiger partial charge in [0.2, 0.25) is 0 Å². The van der Waals surface area contributed by atoms with Crippen LogP contribution in [0.3, 0.4) is 0 Å². The number of hydrogen-bond acceptors (Lipinski definition) is 2. The number of benzene rings is 1. The van der Waals surface area contributed by atoms with Gasteiger partial charge in [-0.25, -0.2) is 0 Å². The minimum absolute atomic E-state index is 0.993. The monoisotopic (exact) mass is 174 g/mol. The maximum atomic E-state index is 3.97. The molecular formula is C11H14N2. The van der Waals surface area contributed by atoms with Crippen molar-refractivity contribution in [2.75, 3.05) is 18.0 Å². The summed E-state index contributed by atoms with van der Waals surface area (Å²) in [5.74, 6) is 1.01. The van der Waals surface area contributed by atoms with E-state index >= 15 is 0 Å². The Bertz CT molecular complexity index is 331. The lowest BCUT2D eigenvalue weighted by molar-refractivity contribution is 0.949. The number of aryl methyl sites for hydroxylation is 1. The van der Waals surface area contributed by atoms with E-state index in [4.69, 9.17) is 0 Å². The van der Waals surface area contributed by atoms with E-state index in [0.717, 1.165) is 18.9 Å². The highest BCUT2D eigenvalue weighted by Gasteiger charge is 2.16. The summed E-state index contributed by atoms with van der Waals surface area (Å²) in [6.07, 6.45) is 0. The summed E-state index contributed by atoms with van der Waals surface area (Å²) in [7, 11) is 0. The van der Waals surface area contributed by atoms with E-state index in [1.54, 1.807) is 0 Å². The molecule has 0 radical (unpaired) electrons. The van der Waals surface area contributed by atoms with E-state index in [1.165, 1.54) is 11.3 Å². The average molecular weight is 174 g/mol. The molecule has 0 aromatic heterocycles. The summed E-state index contributed by atoms with van der Waals surface area (Å²) >= 11 is 0. The average Bonchev–Trinajstić information content (AvgIpc) is 2.52. The third kappa shape index (κ3) is 1.39. The molecule has 1 aromatic carbocycles. The van der Waals surface area contributed by atoms with E-state index in [9.17, 15) is 0 Å². The first-order chi connectivity index (χ1) is 6.29. The topological polar surface area (TPSA) is 15.3 Å². The Hall–Kier alpha value is -1.44. The first-order valence-corrected chi connectivity index (χ1v) is 4.55. The van der Waals surface area contributed by atoms with Crippen LogP contribution in [-0.4, -0.2) is 13.1 Å². The van der Waals surface area contributed by atoms with Crippen molar-refractivity contribution in [2.24, 2.45) is 0 Å². The molecule has 1 aliphatic rings. The summed E-state index contributed by atoms with van der Waals surface area (Å²) in [6, 6.07) is 8.38. The van der Waals surface area contributed by atoms with Gasteiger partial charge in [-0.3, -0.25) is 0 Å². The molecule has 0 spiro atoms. The molecule has 2 heteroatoms. The maximum Gasteiger partial charge on any atom is 0.0985 e. The van der Waals surface area contributed by atoms with Crippen molar-refractivity contribution in [3.63, 3.8) is 0 Å². The van der Waals surface area contributed by atoms with Crippen LogP contribution in [-0.2, 0) is 0 Å². The Labute approximate surface area is 78.9 Å². The molecular weight excluding hydrogens is 160 g/mol. The molecule has 0 bridgehead atoms. The largest absolute Gasteiger partial charge is 0.370 e. The van der Waals surface area contributed by atoms with Crippen LogP contribution in [0.1, 0.15) is 5.56 Å². The standard InChI is InChI=1S/C11H14N2/c1-9-5-3-4-6-11(9)13-8-7-12-10(13)2/h3-6,12H,2,7-8H2,1H3. The van der Waals surface area contributed by atoms with Crippen molar-refractivity contribution in [1.29, 1.82) is 0 Å². The highest BCUT2D eigenvalue weighted by Crippen LogP contribution is 2.23. The van der Waals surface area contributed by atoms with Crippen molar-refractivity contribution in [3.05, 3.63) is 42.2 Å². The van der Waals surface area contributed by atoms with Gasteiger partial charge in [-0.15, -0.1) is 0 Å². The number of nitrogens with one attached hydrogen (secondary N) is 1. The zero-order valence-corrected chi connectivity index (χ0v) is 7.88. The number of nitrogens with zero attached hydrogens (tertiary/aromatic N) is 1. The van der Waals surface area contributed by atoms with E-state index in [0.29, 0.717) is 0 Å². The second-order valence-corrected chi connectivity index (χ2v) is 3.31. The van der Waals surface area contributed by atoms with E-state index < -0.39 is 0 Å². The molecule has 0 aliphatic carbocycles. The SMILES string of the molecule is C=C1NCCN1c1ccccc1C. The van der Waals surface area contributed by atoms with Gasteiger partial charge in [-0.1, -0.05) is 24.8 Å². The molecule has 1 fully saturated rings. The molecule has 0 atom stereocenters. The van der Waals surface area contributed by atoms with Gasteiger partial charge < -0.3 is 10.2 Å². The van der Waals surface area contributed by atoms with Crippen LogP contribution in [0.15, 0.2) is 36.7 Å². The predicted molar refractivity (Wildman–Crippen MR) is 55.7 cm³/mol. The molecule has 13 heavy (non-hydrogen) atoms. The van der Waals surface area contributed by atoms with Crippen LogP contribution < -0.4 is 10.2 Å². The molecule has 1 aromatic rings. The highest BCUT2D eigenvalue weighted by molar-refractivity contribution is 5.57. The lowest BCUT2D eigenvalue weighted by Crippen LogP contribution is -2.18. The van der Waals surface area contributed by atoms with Gasteiger partial charge in [0, 0.05) is 18.8 Å². The van der Waals surface area contributed by atoms with Crippen molar-refractivity contribution in [3.8, 4) is 0 Å². The van der Waals surface area contributed by atoms with Crippen LogP contribution >= 0.6 is 0 Å². The number of hydrogen-bond donors (Lipinski definition) is 1. The van der Waals surface area contributed by atoms with Gasteiger partial charge in [0.25, 0.3) is 0 Å². The fourth-order valence-electron chi connectivity index (χ4n) is 1.67. The predicted octanol–water partition coefficient (Wildman–Crippen LogP) is 1.88. The van der Waals surface area contributed by atoms with Gasteiger partial charge >= 0.3 is 0 Å². The zero-order valence-electron chi connectivity index (χ0n) is 7.88. The van der Waals surface area contributed by atoms with E-state index in [1.807, 2.05) is 0 Å². The summed E-state index contributed by atoms with van der Waals surface area (Å²) in [6.45, 7) is 8.10. The Kier molecular flexibility index (Phi) is 1.97. The van der Waals surface area contributed by atoms with Gasteiger partial charge in [0.15, 0.2) is 0 Å². The van der Waals surface area contributed by atoms with Gasteiger partial charge in [0.05, 0.1) is 5.82 Å². The summed E-state index contributed by atoms with van der Waals surface area (Å²) in [5.41, 5.74) is 2.56. The van der Waals surface area contributed by atoms with Gasteiger partial charge in [-0.2, -0.15) is 0 Å². The fourth-order valence-corrected chi connectivity index (χ4v) is 1.67. The third-order valence-corrected chi connectivity index (χ3v) is 2.40. The van der Waals surface area contributed by atoms with E-state index in [2.05, 4.69) is 48.0 Å². The Morgan fingerprint density at radius 3 is 2.77 bits per heavy atom. The molecule has 1 N–H and O–H groups in total. The molecule has 1 saturated heterocycles. The quantitative estimate of drug-likeness (QED) is 0.699. The number of para-hydroxylation sites is 1. The zero-order chi connectivity index (χ0) is 9.26. The smallest absolute Gasteiger partial charge is 0.0985 e. The maximum absolute atomic E-state index is 3.97. The lowest BCUT2D eigenvalue weighted by Gasteiger charge is -2.19. The van der Waals surface area contributed by atoms with Crippen molar-refractivity contribution in [2.45, 2.75) is 6.92 Å². The Balaban J connectivity index is 2.34. The van der Waals surface area contributed by atoms with E-state index in [-0.39, 0.29) is 0 Å². The summed E-state index contributed by atoms with van der Waals surface area (Å²) in [5, 5.41) is 3.23. The first-order valence-electron chi connectivity index (χ1n) is 4.55. The van der Waals surface area contributed by atoms with Crippen molar-refractivity contribution in [1.82, 2.24) is 5.32 Å². The normalized spacial score (nSPS) is 16.1. The summed E-state index contributed by atoms with van der Waals surface area (Å²) < 4.78 is 0. The lowest BCUT2D eigenvalue weighted by atomic mass is 10.2. The van der Waals surface area contributed by atoms with Crippen molar-refractivity contribution >= 4 is 5.69 Å². The van der Waals surface area contributed by atoms with Gasteiger partial charge in [0.1, 0.15) is 0 Å². The van der Waals surface area contributed by atoms with Crippen LogP contribution in [0.5, 0.6) is 0 Å². The minimum Gasteiger partial charge on any atom is -0.370 e. The molecule has 2 nitrogen and oxygen atoms in total. The van der Waals surface area contributed by atoms with Crippen molar-refractivity contribution < 1.29 is 0 Å². The molecule has 0 amide bonds. The molecule has 68 valence electrons. The van der Waals surface area contributed by atoms with Crippen LogP contribution in [0.25, 0.3) is 0 Å². The molecule has 2 rings (SSSR count). The fraction of sp³-hybridized carbons (Fsp3) is 0.273. The molecule has 0 unspecified atom stereocenters. The van der Waals surface area contributed by atoms with Crippen LogP contribution in [0.2, 0.25) is 0 Å². The number of rotatable bonds is 1. The van der Waals surface area contributed by atoms with Crippen LogP contribution in [0.4, 0.5) is 5.69 Å². The van der Waals surface area contributed by atoms with Crippen LogP contribution in [0, 0.1) is 6.92 Å². The second kappa shape index (κ2) is 3.13. The second-order valence-electron chi connectivity index (χ2n) is 3.31. The Morgan fingerprint density at radius 1 is 1.38 bits per heavy atom. The van der Waals surface area contributed by atoms with Gasteiger partial charge in [-0.05, 0) is 18.6 Å². The summed E-state index contributed by atoms with van der Waals surface area (Å²) in [4.78, 5) is 2.22. The molecule has 1 heterocycles. The third-order valence-electron chi connectivity index (χ3n) is 2.40. The highest BCUT2D eigenvalue weighted by atomic mass is 15.3. The number of anilines is 1. The Morgan fingerprint density at radius 2 is 2.15 bits per heavy atom. The molecule has 0 saturated carbocycles.